The van der Waals surface area contributed by atoms with Crippen molar-refractivity contribution in [3.05, 3.63) is 45.4 Å². The normalized spacial score (nSPS) is 12.0. The molecule has 0 saturated carbocycles. The van der Waals surface area contributed by atoms with Gasteiger partial charge in [0.15, 0.2) is 0 Å². The predicted octanol–water partition coefficient (Wildman–Crippen LogP) is 4.38. The number of rotatable bonds is 5. The monoisotopic (exact) mass is 305 g/mol. The van der Waals surface area contributed by atoms with Gasteiger partial charge >= 0.3 is 0 Å². The maximum absolute atomic E-state index is 10.3. The van der Waals surface area contributed by atoms with Gasteiger partial charge in [0.1, 0.15) is 17.4 Å². The molecule has 0 spiro atoms. The van der Waals surface area contributed by atoms with Gasteiger partial charge in [0.05, 0.1) is 16.2 Å². The zero-order valence-electron chi connectivity index (χ0n) is 13.3. The fourth-order valence-electron chi connectivity index (χ4n) is 2.13. The summed E-state index contributed by atoms with van der Waals surface area (Å²) in [5.74, 6) is 1.17. The number of hydrogen-bond acceptors (Lipinski definition) is 4. The Bertz CT molecular complexity index is 611. The van der Waals surface area contributed by atoms with Crippen molar-refractivity contribution in [2.24, 2.45) is 0 Å². The Balaban J connectivity index is 2.20. The molecule has 0 fully saturated rings. The third-order valence-corrected chi connectivity index (χ3v) is 4.60. The van der Waals surface area contributed by atoms with E-state index >= 15 is 0 Å². The lowest BCUT2D eigenvalue weighted by Gasteiger charge is -2.17. The zero-order valence-corrected chi connectivity index (χ0v) is 14.1. The van der Waals surface area contributed by atoms with Crippen LogP contribution in [-0.2, 0) is 12.2 Å². The standard InChI is InChI=1S/C17H23NO2S/c1-11(2)15-16(17(4,5)19)21-14(18-15)10-20-13-9-7-6-8-12(13)3/h6-9,11,19H,10H2,1-5H3. The van der Waals surface area contributed by atoms with Gasteiger partial charge in [0.25, 0.3) is 0 Å². The maximum atomic E-state index is 10.3. The molecule has 0 radical (unpaired) electrons. The van der Waals surface area contributed by atoms with E-state index in [9.17, 15) is 5.11 Å². The van der Waals surface area contributed by atoms with Crippen molar-refractivity contribution < 1.29 is 9.84 Å². The van der Waals surface area contributed by atoms with Crippen molar-refractivity contribution in [1.82, 2.24) is 4.98 Å². The molecule has 4 heteroatoms. The van der Waals surface area contributed by atoms with Crippen LogP contribution in [0.3, 0.4) is 0 Å². The van der Waals surface area contributed by atoms with Crippen LogP contribution in [-0.4, -0.2) is 10.1 Å². The molecule has 2 aromatic rings. The number of aryl methyl sites for hydroxylation is 1. The number of nitrogens with zero attached hydrogens (tertiary/aromatic N) is 1. The molecule has 2 rings (SSSR count). The number of aromatic nitrogens is 1. The summed E-state index contributed by atoms with van der Waals surface area (Å²) in [4.78, 5) is 5.59. The van der Waals surface area contributed by atoms with Gasteiger partial charge in [0, 0.05) is 0 Å². The van der Waals surface area contributed by atoms with Crippen molar-refractivity contribution in [1.29, 1.82) is 0 Å². The highest BCUT2D eigenvalue weighted by atomic mass is 32.1. The minimum atomic E-state index is -0.863. The summed E-state index contributed by atoms with van der Waals surface area (Å²) in [6, 6.07) is 7.95. The zero-order chi connectivity index (χ0) is 15.6. The van der Waals surface area contributed by atoms with Crippen LogP contribution in [0.2, 0.25) is 0 Å². The summed E-state index contributed by atoms with van der Waals surface area (Å²) in [5.41, 5.74) is 1.22. The van der Waals surface area contributed by atoms with E-state index in [2.05, 4.69) is 18.8 Å². The summed E-state index contributed by atoms with van der Waals surface area (Å²) in [6.45, 7) is 10.3. The number of thiazole rings is 1. The molecule has 1 aromatic heterocycles. The maximum Gasteiger partial charge on any atom is 0.140 e. The molecule has 1 N–H and O–H groups in total. The first kappa shape index (κ1) is 16.0. The van der Waals surface area contributed by atoms with Crippen LogP contribution in [0.15, 0.2) is 24.3 Å². The minimum absolute atomic E-state index is 0.287. The second-order valence-corrected chi connectivity index (χ2v) is 7.17. The van der Waals surface area contributed by atoms with Gasteiger partial charge in [-0.05, 0) is 38.3 Å². The molecule has 21 heavy (non-hydrogen) atoms. The first-order chi connectivity index (χ1) is 9.79. The van der Waals surface area contributed by atoms with Gasteiger partial charge in [-0.25, -0.2) is 4.98 Å². The van der Waals surface area contributed by atoms with Gasteiger partial charge in [-0.1, -0.05) is 32.0 Å². The average Bonchev–Trinajstić information content (AvgIpc) is 2.82. The van der Waals surface area contributed by atoms with Crippen molar-refractivity contribution in [2.45, 2.75) is 52.7 Å². The molecular weight excluding hydrogens is 282 g/mol. The van der Waals surface area contributed by atoms with E-state index in [1.165, 1.54) is 11.3 Å². The largest absolute Gasteiger partial charge is 0.486 e. The molecule has 0 atom stereocenters. The summed E-state index contributed by atoms with van der Waals surface area (Å²) in [5, 5.41) is 11.2. The number of ether oxygens (including phenoxy) is 1. The first-order valence-electron chi connectivity index (χ1n) is 7.20. The van der Waals surface area contributed by atoms with E-state index in [0.29, 0.717) is 6.61 Å². The Kier molecular flexibility index (Phi) is 4.69. The fourth-order valence-corrected chi connectivity index (χ4v) is 3.26. The van der Waals surface area contributed by atoms with E-state index in [1.54, 1.807) is 13.8 Å². The quantitative estimate of drug-likeness (QED) is 0.891. The number of hydrogen-bond donors (Lipinski definition) is 1. The Labute approximate surface area is 130 Å². The third-order valence-electron chi connectivity index (χ3n) is 3.24. The Morgan fingerprint density at radius 2 is 1.95 bits per heavy atom. The summed E-state index contributed by atoms with van der Waals surface area (Å²) in [6.07, 6.45) is 0. The van der Waals surface area contributed by atoms with Crippen LogP contribution in [0, 0.1) is 6.92 Å². The smallest absolute Gasteiger partial charge is 0.140 e. The molecule has 1 heterocycles. The summed E-state index contributed by atoms with van der Waals surface area (Å²) in [7, 11) is 0. The Hall–Kier alpha value is -1.39. The van der Waals surface area contributed by atoms with E-state index in [4.69, 9.17) is 4.74 Å². The van der Waals surface area contributed by atoms with Gasteiger partial charge in [0.2, 0.25) is 0 Å². The van der Waals surface area contributed by atoms with E-state index in [1.807, 2.05) is 31.2 Å². The van der Waals surface area contributed by atoms with Crippen molar-refractivity contribution >= 4 is 11.3 Å². The molecule has 0 unspecified atom stereocenters. The second kappa shape index (κ2) is 6.16. The SMILES string of the molecule is Cc1ccccc1OCc1nc(C(C)C)c(C(C)(C)O)s1. The molecule has 1 aromatic carbocycles. The molecule has 0 aliphatic heterocycles. The Morgan fingerprint density at radius 1 is 1.29 bits per heavy atom. The van der Waals surface area contributed by atoms with Crippen LogP contribution in [0.25, 0.3) is 0 Å². The molecule has 0 aliphatic carbocycles. The van der Waals surface area contributed by atoms with Crippen molar-refractivity contribution in [3.63, 3.8) is 0 Å². The highest BCUT2D eigenvalue weighted by Crippen LogP contribution is 2.34. The highest BCUT2D eigenvalue weighted by Gasteiger charge is 2.26. The van der Waals surface area contributed by atoms with Gasteiger partial charge in [-0.3, -0.25) is 0 Å². The molecule has 0 saturated heterocycles. The lowest BCUT2D eigenvalue weighted by Crippen LogP contribution is -2.16. The van der Waals surface area contributed by atoms with E-state index in [-0.39, 0.29) is 5.92 Å². The van der Waals surface area contributed by atoms with Crippen molar-refractivity contribution in [3.8, 4) is 5.75 Å². The number of aliphatic hydroxyl groups is 1. The van der Waals surface area contributed by atoms with Crippen LogP contribution < -0.4 is 4.74 Å². The number of benzene rings is 1. The van der Waals surface area contributed by atoms with Crippen LogP contribution in [0.5, 0.6) is 5.75 Å². The Morgan fingerprint density at radius 3 is 2.48 bits per heavy atom. The third kappa shape index (κ3) is 3.83. The van der Waals surface area contributed by atoms with Crippen LogP contribution in [0.1, 0.15) is 54.8 Å². The summed E-state index contributed by atoms with van der Waals surface area (Å²) >= 11 is 1.53. The van der Waals surface area contributed by atoms with E-state index < -0.39 is 5.60 Å². The second-order valence-electron chi connectivity index (χ2n) is 6.09. The minimum Gasteiger partial charge on any atom is -0.486 e. The van der Waals surface area contributed by atoms with Gasteiger partial charge in [-0.15, -0.1) is 11.3 Å². The van der Waals surface area contributed by atoms with Gasteiger partial charge in [-0.2, -0.15) is 0 Å². The molecule has 0 amide bonds. The van der Waals surface area contributed by atoms with Crippen molar-refractivity contribution in [2.75, 3.05) is 0 Å². The lowest BCUT2D eigenvalue weighted by molar-refractivity contribution is 0.0811. The van der Waals surface area contributed by atoms with Crippen LogP contribution in [0.4, 0.5) is 0 Å². The van der Waals surface area contributed by atoms with Crippen LogP contribution >= 0.6 is 11.3 Å². The molecular formula is C17H23NO2S. The molecule has 0 aliphatic rings. The molecule has 114 valence electrons. The molecule has 0 bridgehead atoms. The van der Waals surface area contributed by atoms with Gasteiger partial charge < -0.3 is 9.84 Å². The highest BCUT2D eigenvalue weighted by molar-refractivity contribution is 7.11. The predicted molar refractivity (Wildman–Crippen MR) is 87.0 cm³/mol. The molecule has 3 nitrogen and oxygen atoms in total. The van der Waals surface area contributed by atoms with E-state index in [0.717, 1.165) is 26.9 Å². The first-order valence-corrected chi connectivity index (χ1v) is 8.01. The topological polar surface area (TPSA) is 42.4 Å². The lowest BCUT2D eigenvalue weighted by atomic mass is 10.0. The number of para-hydroxylation sites is 1. The average molecular weight is 305 g/mol. The fraction of sp³-hybridized carbons (Fsp3) is 0.471. The summed E-state index contributed by atoms with van der Waals surface area (Å²) < 4.78 is 5.85.